The van der Waals surface area contributed by atoms with Gasteiger partial charge in [-0.25, -0.2) is 0 Å². The molecule has 0 aromatic carbocycles. The van der Waals surface area contributed by atoms with E-state index in [-0.39, 0.29) is 0 Å². The number of hydrogen-bond acceptors (Lipinski definition) is 4. The Morgan fingerprint density at radius 1 is 1.07 bits per heavy atom. The van der Waals surface area contributed by atoms with Crippen molar-refractivity contribution < 1.29 is 4.79 Å². The predicted octanol–water partition coefficient (Wildman–Crippen LogP) is 1.50. The molecule has 1 saturated heterocycles. The molecule has 0 aliphatic carbocycles. The molecule has 0 atom stereocenters. The van der Waals surface area contributed by atoms with Gasteiger partial charge in [0, 0.05) is 58.5 Å². The average Bonchev–Trinajstić information content (AvgIpc) is 3.20. The molecule has 3 heterocycles. The van der Waals surface area contributed by atoms with Gasteiger partial charge in [-0.15, -0.1) is 10.2 Å². The van der Waals surface area contributed by atoms with Crippen LogP contribution in [0, 0.1) is 0 Å². The number of carbonyl (C=O) groups excluding carboxylic acids is 1. The minimum Gasteiger partial charge on any atom is -0.357 e. The quantitative estimate of drug-likeness (QED) is 0.380. The third-order valence-electron chi connectivity index (χ3n) is 5.43. The van der Waals surface area contributed by atoms with Gasteiger partial charge in [0.25, 0.3) is 0 Å². The third kappa shape index (κ3) is 5.94. The fraction of sp³-hybridized carbons (Fsp3) is 0.800. The highest BCUT2D eigenvalue weighted by Crippen LogP contribution is 2.15. The van der Waals surface area contributed by atoms with E-state index in [0.29, 0.717) is 12.3 Å². The summed E-state index contributed by atoms with van der Waals surface area (Å²) in [4.78, 5) is 18.2. The smallest absolute Gasteiger partial charge is 0.222 e. The summed E-state index contributed by atoms with van der Waals surface area (Å²) >= 11 is 0. The number of aliphatic imine (C=N–C) groups is 1. The molecular formula is C20H35N7O. The largest absolute Gasteiger partial charge is 0.357 e. The van der Waals surface area contributed by atoms with Gasteiger partial charge in [-0.1, -0.05) is 6.42 Å². The molecule has 2 aliphatic rings. The van der Waals surface area contributed by atoms with Crippen molar-refractivity contribution in [3.8, 4) is 0 Å². The van der Waals surface area contributed by atoms with Crippen LogP contribution in [-0.2, 0) is 24.2 Å². The SMILES string of the molecule is CCNC(=NCCCN1CCCC1=O)NCCCc1nnc2n1CCCCC2. The maximum Gasteiger partial charge on any atom is 0.222 e. The predicted molar refractivity (Wildman–Crippen MR) is 110 cm³/mol. The van der Waals surface area contributed by atoms with Crippen LogP contribution in [0.5, 0.6) is 0 Å². The summed E-state index contributed by atoms with van der Waals surface area (Å²) in [6.07, 6.45) is 9.38. The van der Waals surface area contributed by atoms with Crippen LogP contribution in [0.15, 0.2) is 4.99 Å². The van der Waals surface area contributed by atoms with Crippen molar-refractivity contribution in [2.75, 3.05) is 32.7 Å². The monoisotopic (exact) mass is 389 g/mol. The van der Waals surface area contributed by atoms with Crippen molar-refractivity contribution in [3.63, 3.8) is 0 Å². The van der Waals surface area contributed by atoms with Crippen LogP contribution in [0.1, 0.15) is 63.5 Å². The van der Waals surface area contributed by atoms with Gasteiger partial charge in [-0.05, 0) is 39.0 Å². The summed E-state index contributed by atoms with van der Waals surface area (Å²) in [7, 11) is 0. The topological polar surface area (TPSA) is 87.4 Å². The summed E-state index contributed by atoms with van der Waals surface area (Å²) < 4.78 is 2.33. The van der Waals surface area contributed by atoms with Gasteiger partial charge < -0.3 is 20.1 Å². The van der Waals surface area contributed by atoms with E-state index >= 15 is 0 Å². The number of fused-ring (bicyclic) bond motifs is 1. The standard InChI is InChI=1S/C20H35N7O/c1-2-21-20(23-13-8-15-26-14-7-11-19(26)28)22-12-6-10-18-25-24-17-9-4-3-5-16-27(17)18/h2-16H2,1H3,(H2,21,22,23). The van der Waals surface area contributed by atoms with Crippen molar-refractivity contribution in [3.05, 3.63) is 11.6 Å². The molecule has 28 heavy (non-hydrogen) atoms. The van der Waals surface area contributed by atoms with E-state index in [1.165, 1.54) is 19.3 Å². The van der Waals surface area contributed by atoms with E-state index in [1.54, 1.807) is 0 Å². The fourth-order valence-corrected chi connectivity index (χ4v) is 3.92. The molecule has 1 aromatic heterocycles. The molecule has 156 valence electrons. The van der Waals surface area contributed by atoms with Crippen LogP contribution in [0.4, 0.5) is 0 Å². The van der Waals surface area contributed by atoms with Gasteiger partial charge in [0.05, 0.1) is 0 Å². The van der Waals surface area contributed by atoms with E-state index in [2.05, 4.69) is 37.3 Å². The Hall–Kier alpha value is -2.12. The zero-order valence-electron chi connectivity index (χ0n) is 17.3. The lowest BCUT2D eigenvalue weighted by Gasteiger charge is -2.15. The summed E-state index contributed by atoms with van der Waals surface area (Å²) in [5.41, 5.74) is 0. The van der Waals surface area contributed by atoms with Crippen LogP contribution in [-0.4, -0.2) is 64.3 Å². The molecule has 8 heteroatoms. The Balaban J connectivity index is 1.37. The Bertz CT molecular complexity index is 655. The van der Waals surface area contributed by atoms with Gasteiger partial charge >= 0.3 is 0 Å². The molecule has 8 nitrogen and oxygen atoms in total. The molecule has 0 spiro atoms. The minimum atomic E-state index is 0.292. The Labute approximate surface area is 168 Å². The Morgan fingerprint density at radius 2 is 2.00 bits per heavy atom. The Morgan fingerprint density at radius 3 is 2.82 bits per heavy atom. The van der Waals surface area contributed by atoms with Gasteiger partial charge in [0.2, 0.25) is 5.91 Å². The van der Waals surface area contributed by atoms with E-state index in [1.807, 2.05) is 4.90 Å². The van der Waals surface area contributed by atoms with Crippen LogP contribution in [0.3, 0.4) is 0 Å². The molecule has 0 radical (unpaired) electrons. The van der Waals surface area contributed by atoms with Gasteiger partial charge in [0.1, 0.15) is 11.6 Å². The van der Waals surface area contributed by atoms with E-state index in [4.69, 9.17) is 0 Å². The number of nitrogens with zero attached hydrogens (tertiary/aromatic N) is 5. The number of nitrogens with one attached hydrogen (secondary N) is 2. The molecule has 0 unspecified atom stereocenters. The maximum absolute atomic E-state index is 11.6. The summed E-state index contributed by atoms with van der Waals surface area (Å²) in [6, 6.07) is 0. The first-order chi connectivity index (χ1) is 13.8. The first kappa shape index (κ1) is 20.6. The van der Waals surface area contributed by atoms with Gasteiger partial charge in [-0.3, -0.25) is 9.79 Å². The molecule has 3 rings (SSSR count). The summed E-state index contributed by atoms with van der Waals surface area (Å²) in [5, 5.41) is 15.5. The highest BCUT2D eigenvalue weighted by Gasteiger charge is 2.19. The number of guanidine groups is 1. The highest BCUT2D eigenvalue weighted by atomic mass is 16.2. The minimum absolute atomic E-state index is 0.292. The van der Waals surface area contributed by atoms with Crippen molar-refractivity contribution in [2.24, 2.45) is 4.99 Å². The zero-order chi connectivity index (χ0) is 19.6. The summed E-state index contributed by atoms with van der Waals surface area (Å²) in [5.74, 6) is 3.43. The molecule has 0 bridgehead atoms. The molecule has 2 N–H and O–H groups in total. The van der Waals surface area contributed by atoms with Crippen LogP contribution < -0.4 is 10.6 Å². The van der Waals surface area contributed by atoms with E-state index < -0.39 is 0 Å². The Kier molecular flexibility index (Phi) is 8.11. The average molecular weight is 390 g/mol. The van der Waals surface area contributed by atoms with Crippen molar-refractivity contribution >= 4 is 11.9 Å². The third-order valence-corrected chi connectivity index (χ3v) is 5.43. The first-order valence-electron chi connectivity index (χ1n) is 11.0. The normalized spacial score (nSPS) is 17.5. The number of likely N-dealkylation sites (tertiary alicyclic amines) is 1. The van der Waals surface area contributed by atoms with Gasteiger partial charge in [0.15, 0.2) is 5.96 Å². The van der Waals surface area contributed by atoms with E-state index in [9.17, 15) is 4.79 Å². The lowest BCUT2D eigenvalue weighted by molar-refractivity contribution is -0.127. The second-order valence-electron chi connectivity index (χ2n) is 7.62. The molecule has 1 aromatic rings. The lowest BCUT2D eigenvalue weighted by Crippen LogP contribution is -2.38. The van der Waals surface area contributed by atoms with Crippen molar-refractivity contribution in [2.45, 2.75) is 71.3 Å². The first-order valence-corrected chi connectivity index (χ1v) is 11.0. The van der Waals surface area contributed by atoms with Crippen LogP contribution in [0.2, 0.25) is 0 Å². The zero-order valence-corrected chi connectivity index (χ0v) is 17.3. The number of hydrogen-bond donors (Lipinski definition) is 2. The molecule has 1 fully saturated rings. The van der Waals surface area contributed by atoms with Crippen molar-refractivity contribution in [1.29, 1.82) is 0 Å². The number of amides is 1. The van der Waals surface area contributed by atoms with E-state index in [0.717, 1.165) is 89.0 Å². The number of aryl methyl sites for hydroxylation is 2. The molecule has 1 amide bonds. The second kappa shape index (κ2) is 11.0. The second-order valence-corrected chi connectivity index (χ2v) is 7.62. The maximum atomic E-state index is 11.6. The van der Waals surface area contributed by atoms with Crippen LogP contribution in [0.25, 0.3) is 0 Å². The van der Waals surface area contributed by atoms with Crippen molar-refractivity contribution in [1.82, 2.24) is 30.3 Å². The molecular weight excluding hydrogens is 354 g/mol. The number of aromatic nitrogens is 3. The molecule has 0 saturated carbocycles. The highest BCUT2D eigenvalue weighted by molar-refractivity contribution is 5.79. The summed E-state index contributed by atoms with van der Waals surface area (Å²) in [6.45, 7) is 7.30. The fourth-order valence-electron chi connectivity index (χ4n) is 3.92. The van der Waals surface area contributed by atoms with Crippen LogP contribution >= 0.6 is 0 Å². The van der Waals surface area contributed by atoms with Gasteiger partial charge in [-0.2, -0.15) is 0 Å². The molecule has 2 aliphatic heterocycles. The lowest BCUT2D eigenvalue weighted by atomic mass is 10.2. The number of rotatable bonds is 9. The number of carbonyl (C=O) groups is 1.